The van der Waals surface area contributed by atoms with Crippen molar-refractivity contribution in [1.29, 1.82) is 0 Å². The van der Waals surface area contributed by atoms with Crippen LogP contribution in [0.3, 0.4) is 0 Å². The largest absolute Gasteiger partial charge is 0.382 e. The van der Waals surface area contributed by atoms with Crippen LogP contribution >= 0.6 is 0 Å². The van der Waals surface area contributed by atoms with Crippen molar-refractivity contribution in [3.05, 3.63) is 29.3 Å². The van der Waals surface area contributed by atoms with Crippen molar-refractivity contribution in [3.63, 3.8) is 0 Å². The average molecular weight is 288 g/mol. The molecule has 0 aliphatic heterocycles. The monoisotopic (exact) mass is 288 g/mol. The lowest BCUT2D eigenvalue weighted by Gasteiger charge is -2.34. The number of benzene rings is 1. The first kappa shape index (κ1) is 15.9. The van der Waals surface area contributed by atoms with Gasteiger partial charge in [-0.05, 0) is 56.2 Å². The number of rotatable bonds is 4. The van der Waals surface area contributed by atoms with Crippen LogP contribution in [0.1, 0.15) is 56.0 Å². The summed E-state index contributed by atoms with van der Waals surface area (Å²) in [5.41, 5.74) is 3.04. The summed E-state index contributed by atoms with van der Waals surface area (Å²) < 4.78 is 0. The second-order valence-corrected chi connectivity index (χ2v) is 6.54. The first-order chi connectivity index (χ1) is 10.0. The highest BCUT2D eigenvalue weighted by molar-refractivity contribution is 5.95. The third-order valence-electron chi connectivity index (χ3n) is 4.64. The van der Waals surface area contributed by atoms with Crippen molar-refractivity contribution in [1.82, 2.24) is 5.32 Å². The van der Waals surface area contributed by atoms with E-state index in [0.29, 0.717) is 18.5 Å². The maximum absolute atomic E-state index is 12.0. The van der Waals surface area contributed by atoms with Gasteiger partial charge in [0, 0.05) is 23.8 Å². The Balaban J connectivity index is 2.15. The van der Waals surface area contributed by atoms with E-state index < -0.39 is 0 Å². The maximum atomic E-state index is 12.0. The Bertz CT molecular complexity index is 498. The molecule has 2 N–H and O–H groups in total. The molecule has 0 spiro atoms. The van der Waals surface area contributed by atoms with Crippen molar-refractivity contribution < 1.29 is 4.79 Å². The third kappa shape index (κ3) is 3.99. The Labute approximate surface area is 128 Å². The highest BCUT2D eigenvalue weighted by atomic mass is 16.1. The van der Waals surface area contributed by atoms with Gasteiger partial charge in [-0.3, -0.25) is 4.79 Å². The lowest BCUT2D eigenvalue weighted by atomic mass is 9.80. The summed E-state index contributed by atoms with van der Waals surface area (Å²) in [6, 6.07) is 6.44. The van der Waals surface area contributed by atoms with E-state index in [4.69, 9.17) is 0 Å². The van der Waals surface area contributed by atoms with Gasteiger partial charge in [-0.1, -0.05) is 26.3 Å². The highest BCUT2D eigenvalue weighted by Gasteiger charge is 2.25. The highest BCUT2D eigenvalue weighted by Crippen LogP contribution is 2.31. The van der Waals surface area contributed by atoms with E-state index in [-0.39, 0.29) is 5.91 Å². The van der Waals surface area contributed by atoms with Gasteiger partial charge in [0.2, 0.25) is 0 Å². The summed E-state index contributed by atoms with van der Waals surface area (Å²) >= 11 is 0. The number of hydrogen-bond donors (Lipinski definition) is 2. The van der Waals surface area contributed by atoms with E-state index in [2.05, 4.69) is 31.4 Å². The fraction of sp³-hybridized carbons (Fsp3) is 0.611. The quantitative estimate of drug-likeness (QED) is 0.880. The molecule has 3 nitrogen and oxygen atoms in total. The van der Waals surface area contributed by atoms with Crippen molar-refractivity contribution in [2.75, 3.05) is 11.9 Å². The SMILES string of the molecule is CCNC(=O)c1ccc(C)c(NC2CC(C)CCC2C)c1. The van der Waals surface area contributed by atoms with Crippen LogP contribution in [0.5, 0.6) is 0 Å². The lowest BCUT2D eigenvalue weighted by Crippen LogP contribution is -2.33. The molecule has 1 aromatic rings. The Hall–Kier alpha value is -1.51. The van der Waals surface area contributed by atoms with Gasteiger partial charge in [-0.25, -0.2) is 0 Å². The zero-order valence-electron chi connectivity index (χ0n) is 13.7. The van der Waals surface area contributed by atoms with E-state index in [9.17, 15) is 4.79 Å². The van der Waals surface area contributed by atoms with Crippen LogP contribution in [0.25, 0.3) is 0 Å². The van der Waals surface area contributed by atoms with Crippen molar-refractivity contribution in [2.45, 2.75) is 53.0 Å². The Morgan fingerprint density at radius 1 is 1.29 bits per heavy atom. The van der Waals surface area contributed by atoms with Crippen LogP contribution < -0.4 is 10.6 Å². The van der Waals surface area contributed by atoms with Crippen LogP contribution in [-0.2, 0) is 0 Å². The van der Waals surface area contributed by atoms with Crippen LogP contribution in [0.4, 0.5) is 5.69 Å². The number of carbonyl (C=O) groups is 1. The molecule has 1 saturated carbocycles. The molecule has 21 heavy (non-hydrogen) atoms. The predicted octanol–water partition coefficient (Wildman–Crippen LogP) is 3.98. The zero-order valence-corrected chi connectivity index (χ0v) is 13.7. The molecule has 0 radical (unpaired) electrons. The number of anilines is 1. The summed E-state index contributed by atoms with van der Waals surface area (Å²) in [5, 5.41) is 6.55. The second-order valence-electron chi connectivity index (χ2n) is 6.54. The molecular formula is C18H28N2O. The minimum Gasteiger partial charge on any atom is -0.382 e. The molecule has 1 fully saturated rings. The van der Waals surface area contributed by atoms with Gasteiger partial charge in [0.15, 0.2) is 0 Å². The molecule has 116 valence electrons. The Morgan fingerprint density at radius 3 is 2.76 bits per heavy atom. The Kier molecular flexibility index (Phi) is 5.27. The van der Waals surface area contributed by atoms with Gasteiger partial charge in [0.1, 0.15) is 0 Å². The zero-order chi connectivity index (χ0) is 15.4. The van der Waals surface area contributed by atoms with Crippen molar-refractivity contribution in [2.24, 2.45) is 11.8 Å². The maximum Gasteiger partial charge on any atom is 0.251 e. The standard InChI is InChI=1S/C18H28N2O/c1-5-19-18(21)15-9-8-14(4)17(11-15)20-16-10-12(2)6-7-13(16)3/h8-9,11-13,16,20H,5-7,10H2,1-4H3,(H,19,21). The fourth-order valence-electron chi connectivity index (χ4n) is 3.11. The van der Waals surface area contributed by atoms with Gasteiger partial charge >= 0.3 is 0 Å². The molecule has 3 atom stereocenters. The van der Waals surface area contributed by atoms with E-state index >= 15 is 0 Å². The number of carbonyl (C=O) groups excluding carboxylic acids is 1. The minimum absolute atomic E-state index is 0.00520. The molecule has 0 bridgehead atoms. The molecule has 2 rings (SSSR count). The van der Waals surface area contributed by atoms with E-state index in [1.54, 1.807) is 0 Å². The fourth-order valence-corrected chi connectivity index (χ4v) is 3.11. The molecule has 0 aromatic heterocycles. The summed E-state index contributed by atoms with van der Waals surface area (Å²) in [4.78, 5) is 12.0. The summed E-state index contributed by atoms with van der Waals surface area (Å²) in [7, 11) is 0. The lowest BCUT2D eigenvalue weighted by molar-refractivity contribution is 0.0956. The number of nitrogens with one attached hydrogen (secondary N) is 2. The molecule has 3 unspecified atom stereocenters. The normalized spacial score (nSPS) is 25.4. The van der Waals surface area contributed by atoms with E-state index in [1.165, 1.54) is 24.8 Å². The van der Waals surface area contributed by atoms with Crippen molar-refractivity contribution >= 4 is 11.6 Å². The van der Waals surface area contributed by atoms with Crippen LogP contribution in [-0.4, -0.2) is 18.5 Å². The molecule has 1 aliphatic carbocycles. The first-order valence-electron chi connectivity index (χ1n) is 8.16. The summed E-state index contributed by atoms with van der Waals surface area (Å²) in [5.74, 6) is 1.48. The smallest absolute Gasteiger partial charge is 0.251 e. The topological polar surface area (TPSA) is 41.1 Å². The minimum atomic E-state index is 0.00520. The summed E-state index contributed by atoms with van der Waals surface area (Å²) in [6.07, 6.45) is 3.83. The second kappa shape index (κ2) is 6.97. The molecule has 0 saturated heterocycles. The van der Waals surface area contributed by atoms with Crippen molar-refractivity contribution in [3.8, 4) is 0 Å². The first-order valence-corrected chi connectivity index (χ1v) is 8.16. The average Bonchev–Trinajstić information content (AvgIpc) is 2.45. The van der Waals surface area contributed by atoms with Crippen LogP contribution in [0, 0.1) is 18.8 Å². The van der Waals surface area contributed by atoms with Gasteiger partial charge in [0.05, 0.1) is 0 Å². The molecule has 1 aliphatic rings. The Morgan fingerprint density at radius 2 is 2.05 bits per heavy atom. The third-order valence-corrected chi connectivity index (χ3v) is 4.64. The predicted molar refractivity (Wildman–Crippen MR) is 88.8 cm³/mol. The number of hydrogen-bond acceptors (Lipinski definition) is 2. The number of aryl methyl sites for hydroxylation is 1. The van der Waals surface area contributed by atoms with E-state index in [0.717, 1.165) is 17.2 Å². The van der Waals surface area contributed by atoms with E-state index in [1.807, 2.05) is 25.1 Å². The van der Waals surface area contributed by atoms with Gasteiger partial charge in [-0.15, -0.1) is 0 Å². The van der Waals surface area contributed by atoms with Gasteiger partial charge in [0.25, 0.3) is 5.91 Å². The number of amides is 1. The van der Waals surface area contributed by atoms with Crippen LogP contribution in [0.15, 0.2) is 18.2 Å². The molecule has 1 amide bonds. The molecular weight excluding hydrogens is 260 g/mol. The molecule has 1 aromatic carbocycles. The molecule has 0 heterocycles. The van der Waals surface area contributed by atoms with Gasteiger partial charge < -0.3 is 10.6 Å². The summed E-state index contributed by atoms with van der Waals surface area (Å²) in [6.45, 7) is 9.36. The van der Waals surface area contributed by atoms with Gasteiger partial charge in [-0.2, -0.15) is 0 Å². The van der Waals surface area contributed by atoms with Crippen LogP contribution in [0.2, 0.25) is 0 Å². The molecule has 3 heteroatoms.